The van der Waals surface area contributed by atoms with Crippen molar-refractivity contribution < 1.29 is 4.39 Å². The van der Waals surface area contributed by atoms with Gasteiger partial charge in [0.05, 0.1) is 0 Å². The average molecular weight is 205 g/mol. The smallest absolute Gasteiger partial charge is 0.123 e. The number of nitrogens with one attached hydrogen (secondary N) is 1. The van der Waals surface area contributed by atoms with Crippen molar-refractivity contribution in [1.29, 1.82) is 0 Å². The molecule has 1 aromatic carbocycles. The Labute approximate surface area is 90.0 Å². The van der Waals surface area contributed by atoms with Crippen LogP contribution in [0.1, 0.15) is 18.4 Å². The monoisotopic (exact) mass is 205 g/mol. The first-order valence-corrected chi connectivity index (χ1v) is 5.48. The first kappa shape index (κ1) is 10.4. The van der Waals surface area contributed by atoms with Gasteiger partial charge < -0.3 is 5.32 Å². The molecule has 0 amide bonds. The van der Waals surface area contributed by atoms with E-state index < -0.39 is 0 Å². The molecule has 1 aliphatic rings. The summed E-state index contributed by atoms with van der Waals surface area (Å²) in [5.74, 6) is -0.153. The van der Waals surface area contributed by atoms with Crippen molar-refractivity contribution in [3.63, 3.8) is 0 Å². The van der Waals surface area contributed by atoms with Gasteiger partial charge in [-0.3, -0.25) is 0 Å². The lowest BCUT2D eigenvalue weighted by molar-refractivity contribution is 0.626. The molecule has 0 spiro atoms. The highest BCUT2D eigenvalue weighted by atomic mass is 19.1. The molecule has 1 N–H and O–H groups in total. The van der Waals surface area contributed by atoms with Gasteiger partial charge in [0.15, 0.2) is 0 Å². The number of benzene rings is 1. The van der Waals surface area contributed by atoms with E-state index in [-0.39, 0.29) is 5.82 Å². The van der Waals surface area contributed by atoms with Gasteiger partial charge in [0.2, 0.25) is 0 Å². The Bertz CT molecular complexity index is 340. The molecule has 2 heteroatoms. The molecule has 80 valence electrons. The zero-order chi connectivity index (χ0) is 10.5. The summed E-state index contributed by atoms with van der Waals surface area (Å²) < 4.78 is 12.7. The molecular weight excluding hydrogens is 189 g/mol. The Morgan fingerprint density at radius 2 is 1.93 bits per heavy atom. The molecule has 1 aromatic rings. The maximum atomic E-state index is 12.7. The molecule has 0 aliphatic carbocycles. The summed E-state index contributed by atoms with van der Waals surface area (Å²) in [6, 6.07) is 6.81. The molecule has 0 radical (unpaired) electrons. The highest BCUT2D eigenvalue weighted by Crippen LogP contribution is 2.14. The lowest BCUT2D eigenvalue weighted by atomic mass is 10.0. The van der Waals surface area contributed by atoms with E-state index >= 15 is 0 Å². The normalized spacial score (nSPS) is 16.2. The summed E-state index contributed by atoms with van der Waals surface area (Å²) in [6.45, 7) is 2.09. The van der Waals surface area contributed by atoms with Crippen molar-refractivity contribution in [1.82, 2.24) is 5.32 Å². The van der Waals surface area contributed by atoms with E-state index in [0.29, 0.717) is 0 Å². The van der Waals surface area contributed by atoms with Gasteiger partial charge in [-0.25, -0.2) is 4.39 Å². The van der Waals surface area contributed by atoms with Crippen LogP contribution in [0.15, 0.2) is 35.9 Å². The number of hydrogen-bond acceptors (Lipinski definition) is 1. The second-order valence-corrected chi connectivity index (χ2v) is 3.94. The van der Waals surface area contributed by atoms with Gasteiger partial charge in [-0.1, -0.05) is 23.8 Å². The van der Waals surface area contributed by atoms with Gasteiger partial charge in [-0.2, -0.15) is 0 Å². The summed E-state index contributed by atoms with van der Waals surface area (Å²) >= 11 is 0. The van der Waals surface area contributed by atoms with Crippen LogP contribution < -0.4 is 5.32 Å². The summed E-state index contributed by atoms with van der Waals surface area (Å²) in [4.78, 5) is 0. The predicted octanol–water partition coefficient (Wildman–Crippen LogP) is 2.68. The average Bonchev–Trinajstić information content (AvgIpc) is 2.30. The van der Waals surface area contributed by atoms with E-state index in [2.05, 4.69) is 11.4 Å². The van der Waals surface area contributed by atoms with Gasteiger partial charge in [0.25, 0.3) is 0 Å². The summed E-state index contributed by atoms with van der Waals surface area (Å²) in [7, 11) is 0. The van der Waals surface area contributed by atoms with Crippen LogP contribution in [0.4, 0.5) is 4.39 Å². The Balaban J connectivity index is 1.87. The van der Waals surface area contributed by atoms with Crippen molar-refractivity contribution in [2.45, 2.75) is 19.3 Å². The zero-order valence-electron chi connectivity index (χ0n) is 8.80. The van der Waals surface area contributed by atoms with Crippen molar-refractivity contribution in [2.24, 2.45) is 0 Å². The first-order valence-electron chi connectivity index (χ1n) is 5.48. The molecule has 0 atom stereocenters. The van der Waals surface area contributed by atoms with E-state index in [9.17, 15) is 4.39 Å². The zero-order valence-corrected chi connectivity index (χ0v) is 8.80. The molecule has 0 saturated carbocycles. The van der Waals surface area contributed by atoms with Crippen LogP contribution in [0.2, 0.25) is 0 Å². The molecule has 0 bridgehead atoms. The minimum atomic E-state index is -0.153. The maximum absolute atomic E-state index is 12.7. The standard InChI is InChI=1S/C13H16FN/c14-13-5-3-11(4-6-13)1-2-12-7-9-15-10-8-12/h3-7,15H,1-2,8-10H2. The van der Waals surface area contributed by atoms with Gasteiger partial charge >= 0.3 is 0 Å². The second kappa shape index (κ2) is 5.08. The minimum absolute atomic E-state index is 0.153. The molecule has 1 heterocycles. The van der Waals surface area contributed by atoms with E-state index in [1.54, 1.807) is 0 Å². The number of aryl methyl sites for hydroxylation is 1. The SMILES string of the molecule is Fc1ccc(CCC2=CCNCC2)cc1. The van der Waals surface area contributed by atoms with E-state index in [0.717, 1.165) is 32.4 Å². The van der Waals surface area contributed by atoms with Crippen molar-refractivity contribution >= 4 is 0 Å². The third kappa shape index (κ3) is 3.17. The largest absolute Gasteiger partial charge is 0.313 e. The molecule has 15 heavy (non-hydrogen) atoms. The van der Waals surface area contributed by atoms with Gasteiger partial charge in [-0.15, -0.1) is 0 Å². The summed E-state index contributed by atoms with van der Waals surface area (Å²) in [5, 5.41) is 3.29. The number of rotatable bonds is 3. The molecule has 0 aromatic heterocycles. The Kier molecular flexibility index (Phi) is 3.51. The van der Waals surface area contributed by atoms with Crippen LogP contribution in [0, 0.1) is 5.82 Å². The van der Waals surface area contributed by atoms with E-state index in [1.165, 1.54) is 23.3 Å². The van der Waals surface area contributed by atoms with E-state index in [4.69, 9.17) is 0 Å². The lowest BCUT2D eigenvalue weighted by Gasteiger charge is -2.13. The van der Waals surface area contributed by atoms with Crippen LogP contribution in [0.3, 0.4) is 0 Å². The van der Waals surface area contributed by atoms with Crippen molar-refractivity contribution in [3.8, 4) is 0 Å². The second-order valence-electron chi connectivity index (χ2n) is 3.94. The minimum Gasteiger partial charge on any atom is -0.313 e. The van der Waals surface area contributed by atoms with Crippen LogP contribution in [0.25, 0.3) is 0 Å². The number of hydrogen-bond donors (Lipinski definition) is 1. The molecule has 0 fully saturated rings. The molecule has 2 rings (SSSR count). The van der Waals surface area contributed by atoms with Crippen LogP contribution in [-0.2, 0) is 6.42 Å². The fraction of sp³-hybridized carbons (Fsp3) is 0.385. The molecule has 1 aliphatic heterocycles. The highest BCUT2D eigenvalue weighted by Gasteiger charge is 2.03. The Hall–Kier alpha value is -1.15. The van der Waals surface area contributed by atoms with Gasteiger partial charge in [0.1, 0.15) is 5.82 Å². The Morgan fingerprint density at radius 1 is 1.13 bits per heavy atom. The number of halogens is 1. The van der Waals surface area contributed by atoms with Crippen molar-refractivity contribution in [2.75, 3.05) is 13.1 Å². The third-order valence-corrected chi connectivity index (χ3v) is 2.81. The van der Waals surface area contributed by atoms with Crippen LogP contribution >= 0.6 is 0 Å². The quantitative estimate of drug-likeness (QED) is 0.748. The fourth-order valence-electron chi connectivity index (χ4n) is 1.85. The van der Waals surface area contributed by atoms with Gasteiger partial charge in [0, 0.05) is 6.54 Å². The topological polar surface area (TPSA) is 12.0 Å². The molecule has 1 nitrogen and oxygen atoms in total. The molecule has 0 saturated heterocycles. The molecular formula is C13H16FN. The van der Waals surface area contributed by atoms with Crippen LogP contribution in [-0.4, -0.2) is 13.1 Å². The summed E-state index contributed by atoms with van der Waals surface area (Å²) in [6.07, 6.45) is 5.55. The van der Waals surface area contributed by atoms with Crippen molar-refractivity contribution in [3.05, 3.63) is 47.3 Å². The maximum Gasteiger partial charge on any atom is 0.123 e. The summed E-state index contributed by atoms with van der Waals surface area (Å²) in [5.41, 5.74) is 2.74. The first-order chi connectivity index (χ1) is 7.34. The van der Waals surface area contributed by atoms with E-state index in [1.807, 2.05) is 12.1 Å². The lowest BCUT2D eigenvalue weighted by Crippen LogP contribution is -2.20. The predicted molar refractivity (Wildman–Crippen MR) is 60.3 cm³/mol. The fourth-order valence-corrected chi connectivity index (χ4v) is 1.85. The van der Waals surface area contributed by atoms with Gasteiger partial charge in [-0.05, 0) is 43.5 Å². The van der Waals surface area contributed by atoms with Crippen LogP contribution in [0.5, 0.6) is 0 Å². The Morgan fingerprint density at radius 3 is 2.60 bits per heavy atom. The third-order valence-electron chi connectivity index (χ3n) is 2.81. The molecule has 0 unspecified atom stereocenters. The highest BCUT2D eigenvalue weighted by molar-refractivity contribution is 5.18.